The third kappa shape index (κ3) is 2.06. The summed E-state index contributed by atoms with van der Waals surface area (Å²) in [5.74, 6) is 0. The van der Waals surface area contributed by atoms with Crippen LogP contribution >= 0.6 is 0 Å². The summed E-state index contributed by atoms with van der Waals surface area (Å²) in [4.78, 5) is 0. The normalized spacial score (nSPS) is 18.6. The molecule has 1 fully saturated rings. The average Bonchev–Trinajstić information content (AvgIpc) is 2.17. The van der Waals surface area contributed by atoms with Crippen LogP contribution in [0.2, 0.25) is 0 Å². The maximum Gasteiger partial charge on any atom is 0.0560 e. The smallest absolute Gasteiger partial charge is 0.0560 e. The second kappa shape index (κ2) is 3.95. The summed E-state index contributed by atoms with van der Waals surface area (Å²) in [7, 11) is 0. The second-order valence-electron chi connectivity index (χ2n) is 4.79. The molecule has 1 aromatic rings. The third-order valence-electron chi connectivity index (χ3n) is 3.40. The molecule has 1 saturated heterocycles. The van der Waals surface area contributed by atoms with E-state index >= 15 is 0 Å². The molecule has 0 amide bonds. The monoisotopic (exact) mass is 205 g/mol. The fraction of sp³-hybridized carbons (Fsp3) is 0.538. The standard InChI is InChI=1S/C13H19NO/c1-10-3-4-12(5-11(10)2)6-13(7-14)8-15-9-13/h3-5H,6-9,14H2,1-2H3. The van der Waals surface area contributed by atoms with Crippen LogP contribution in [0.3, 0.4) is 0 Å². The predicted molar refractivity (Wildman–Crippen MR) is 61.9 cm³/mol. The molecule has 1 aliphatic rings. The maximum atomic E-state index is 5.80. The minimum absolute atomic E-state index is 0.210. The minimum Gasteiger partial charge on any atom is -0.380 e. The van der Waals surface area contributed by atoms with Crippen LogP contribution in [0.15, 0.2) is 18.2 Å². The van der Waals surface area contributed by atoms with Crippen molar-refractivity contribution in [3.8, 4) is 0 Å². The number of ether oxygens (including phenoxy) is 1. The van der Waals surface area contributed by atoms with E-state index in [-0.39, 0.29) is 5.41 Å². The summed E-state index contributed by atoms with van der Waals surface area (Å²) in [6.45, 7) is 6.66. The largest absolute Gasteiger partial charge is 0.380 e. The molecule has 0 aromatic heterocycles. The Hall–Kier alpha value is -0.860. The van der Waals surface area contributed by atoms with Crippen LogP contribution in [0.1, 0.15) is 16.7 Å². The van der Waals surface area contributed by atoms with E-state index in [1.165, 1.54) is 16.7 Å². The number of rotatable bonds is 3. The summed E-state index contributed by atoms with van der Waals surface area (Å²) >= 11 is 0. The maximum absolute atomic E-state index is 5.80. The molecule has 1 heterocycles. The zero-order chi connectivity index (χ0) is 10.9. The highest BCUT2D eigenvalue weighted by Crippen LogP contribution is 2.30. The number of hydrogen-bond acceptors (Lipinski definition) is 2. The van der Waals surface area contributed by atoms with E-state index in [9.17, 15) is 0 Å². The quantitative estimate of drug-likeness (QED) is 0.817. The molecule has 2 nitrogen and oxygen atoms in total. The molecule has 0 aliphatic carbocycles. The highest BCUT2D eigenvalue weighted by molar-refractivity contribution is 5.30. The number of hydrogen-bond donors (Lipinski definition) is 1. The van der Waals surface area contributed by atoms with Gasteiger partial charge in [0.15, 0.2) is 0 Å². The lowest BCUT2D eigenvalue weighted by Crippen LogP contribution is -2.49. The first-order chi connectivity index (χ1) is 7.15. The Bertz CT molecular complexity index is 350. The SMILES string of the molecule is Cc1ccc(CC2(CN)COC2)cc1C. The van der Waals surface area contributed by atoms with Gasteiger partial charge < -0.3 is 10.5 Å². The van der Waals surface area contributed by atoms with Gasteiger partial charge in [0.25, 0.3) is 0 Å². The molecule has 0 unspecified atom stereocenters. The third-order valence-corrected chi connectivity index (χ3v) is 3.40. The van der Waals surface area contributed by atoms with Gasteiger partial charge in [-0.1, -0.05) is 18.2 Å². The van der Waals surface area contributed by atoms with Gasteiger partial charge in [0.2, 0.25) is 0 Å². The van der Waals surface area contributed by atoms with E-state index in [0.29, 0.717) is 0 Å². The van der Waals surface area contributed by atoms with Crippen LogP contribution in [0.4, 0.5) is 0 Å². The zero-order valence-electron chi connectivity index (χ0n) is 9.55. The molecule has 2 heteroatoms. The van der Waals surface area contributed by atoms with Gasteiger partial charge in [-0.3, -0.25) is 0 Å². The highest BCUT2D eigenvalue weighted by Gasteiger charge is 2.37. The Labute approximate surface area is 91.4 Å². The van der Waals surface area contributed by atoms with Gasteiger partial charge in [-0.25, -0.2) is 0 Å². The molecule has 0 saturated carbocycles. The Kier molecular flexibility index (Phi) is 2.81. The number of benzene rings is 1. The first kappa shape index (κ1) is 10.7. The first-order valence-electron chi connectivity index (χ1n) is 5.49. The lowest BCUT2D eigenvalue weighted by Gasteiger charge is -2.40. The first-order valence-corrected chi connectivity index (χ1v) is 5.49. The van der Waals surface area contributed by atoms with Crippen molar-refractivity contribution in [3.63, 3.8) is 0 Å². The molecule has 1 aliphatic heterocycles. The highest BCUT2D eigenvalue weighted by atomic mass is 16.5. The summed E-state index contributed by atoms with van der Waals surface area (Å²) in [6.07, 6.45) is 1.05. The van der Waals surface area contributed by atoms with Crippen LogP contribution in [0.5, 0.6) is 0 Å². The molecule has 2 N–H and O–H groups in total. The van der Waals surface area contributed by atoms with Gasteiger partial charge in [-0.05, 0) is 37.0 Å². The van der Waals surface area contributed by atoms with Crippen molar-refractivity contribution in [2.75, 3.05) is 19.8 Å². The van der Waals surface area contributed by atoms with Crippen molar-refractivity contribution < 1.29 is 4.74 Å². The average molecular weight is 205 g/mol. The van der Waals surface area contributed by atoms with E-state index in [1.807, 2.05) is 0 Å². The lowest BCUT2D eigenvalue weighted by molar-refractivity contribution is -0.106. The van der Waals surface area contributed by atoms with Crippen molar-refractivity contribution in [1.29, 1.82) is 0 Å². The number of nitrogens with two attached hydrogens (primary N) is 1. The predicted octanol–water partition coefficient (Wildman–Crippen LogP) is 1.82. The lowest BCUT2D eigenvalue weighted by atomic mass is 9.79. The van der Waals surface area contributed by atoms with Crippen molar-refractivity contribution >= 4 is 0 Å². The number of aryl methyl sites for hydroxylation is 2. The van der Waals surface area contributed by atoms with E-state index in [0.717, 1.165) is 26.2 Å². The van der Waals surface area contributed by atoms with Crippen LogP contribution in [0.25, 0.3) is 0 Å². The van der Waals surface area contributed by atoms with Crippen LogP contribution < -0.4 is 5.73 Å². The Morgan fingerprint density at radius 1 is 1.27 bits per heavy atom. The summed E-state index contributed by atoms with van der Waals surface area (Å²) in [6, 6.07) is 6.66. The fourth-order valence-electron chi connectivity index (χ4n) is 2.03. The van der Waals surface area contributed by atoms with Gasteiger partial charge in [-0.15, -0.1) is 0 Å². The van der Waals surface area contributed by atoms with Crippen LogP contribution in [-0.4, -0.2) is 19.8 Å². The second-order valence-corrected chi connectivity index (χ2v) is 4.79. The van der Waals surface area contributed by atoms with E-state index in [4.69, 9.17) is 10.5 Å². The van der Waals surface area contributed by atoms with Gasteiger partial charge in [0.05, 0.1) is 13.2 Å². The van der Waals surface area contributed by atoms with E-state index < -0.39 is 0 Å². The Morgan fingerprint density at radius 2 is 2.00 bits per heavy atom. The van der Waals surface area contributed by atoms with Crippen LogP contribution in [-0.2, 0) is 11.2 Å². The molecule has 0 atom stereocenters. The summed E-state index contributed by atoms with van der Waals surface area (Å²) in [5.41, 5.74) is 10.1. The van der Waals surface area contributed by atoms with Crippen LogP contribution in [0, 0.1) is 19.3 Å². The van der Waals surface area contributed by atoms with Gasteiger partial charge in [0.1, 0.15) is 0 Å². The molecule has 0 radical (unpaired) electrons. The molecule has 0 spiro atoms. The Morgan fingerprint density at radius 3 is 2.47 bits per heavy atom. The molecule has 2 rings (SSSR count). The van der Waals surface area contributed by atoms with E-state index in [1.54, 1.807) is 0 Å². The summed E-state index contributed by atoms with van der Waals surface area (Å²) in [5, 5.41) is 0. The minimum atomic E-state index is 0.210. The van der Waals surface area contributed by atoms with E-state index in [2.05, 4.69) is 32.0 Å². The van der Waals surface area contributed by atoms with Gasteiger partial charge >= 0.3 is 0 Å². The van der Waals surface area contributed by atoms with Crippen molar-refractivity contribution in [1.82, 2.24) is 0 Å². The molecule has 82 valence electrons. The molecule has 1 aromatic carbocycles. The van der Waals surface area contributed by atoms with Gasteiger partial charge in [0, 0.05) is 12.0 Å². The van der Waals surface area contributed by atoms with Gasteiger partial charge in [-0.2, -0.15) is 0 Å². The fourth-order valence-corrected chi connectivity index (χ4v) is 2.03. The topological polar surface area (TPSA) is 35.2 Å². The molecular formula is C13H19NO. The van der Waals surface area contributed by atoms with Crippen molar-refractivity contribution in [3.05, 3.63) is 34.9 Å². The van der Waals surface area contributed by atoms with Crippen molar-refractivity contribution in [2.24, 2.45) is 11.1 Å². The molecule has 15 heavy (non-hydrogen) atoms. The Balaban J connectivity index is 2.13. The van der Waals surface area contributed by atoms with Crippen molar-refractivity contribution in [2.45, 2.75) is 20.3 Å². The zero-order valence-corrected chi connectivity index (χ0v) is 9.55. The molecular weight excluding hydrogens is 186 g/mol. The summed E-state index contributed by atoms with van der Waals surface area (Å²) < 4.78 is 5.28. The molecule has 0 bridgehead atoms.